The van der Waals surface area contributed by atoms with E-state index in [-0.39, 0.29) is 0 Å². The Morgan fingerprint density at radius 3 is 3.05 bits per heavy atom. The summed E-state index contributed by atoms with van der Waals surface area (Å²) in [5.74, 6) is 0.867. The topological polar surface area (TPSA) is 53.1 Å². The van der Waals surface area contributed by atoms with Crippen LogP contribution in [0.2, 0.25) is 0 Å². The molecule has 2 aromatic rings. The molecular weight excluding hydrogens is 262 g/mol. The second-order valence-electron chi connectivity index (χ2n) is 5.84. The molecule has 1 aliphatic carbocycles. The zero-order valence-electron chi connectivity index (χ0n) is 12.8. The molecule has 1 aromatic heterocycles. The van der Waals surface area contributed by atoms with Gasteiger partial charge in [-0.05, 0) is 48.9 Å². The zero-order chi connectivity index (χ0) is 14.9. The highest BCUT2D eigenvalue weighted by molar-refractivity contribution is 5.47. The highest BCUT2D eigenvalue weighted by Gasteiger charge is 2.35. The first-order valence-corrected chi connectivity index (χ1v) is 7.66. The summed E-state index contributed by atoms with van der Waals surface area (Å²) in [5.41, 5.74) is 9.98. The van der Waals surface area contributed by atoms with Crippen molar-refractivity contribution in [3.63, 3.8) is 0 Å². The second kappa shape index (κ2) is 5.53. The summed E-state index contributed by atoms with van der Waals surface area (Å²) in [7, 11) is 1.70. The molecule has 4 heteroatoms. The second-order valence-corrected chi connectivity index (χ2v) is 5.84. The molecular formula is C17H23N3O. The third-order valence-corrected chi connectivity index (χ3v) is 4.42. The van der Waals surface area contributed by atoms with Gasteiger partial charge in [0.15, 0.2) is 0 Å². The quantitative estimate of drug-likeness (QED) is 0.939. The maximum Gasteiger partial charge on any atom is 0.119 e. The van der Waals surface area contributed by atoms with Crippen molar-refractivity contribution in [1.82, 2.24) is 9.78 Å². The minimum atomic E-state index is -0.450. The summed E-state index contributed by atoms with van der Waals surface area (Å²) in [4.78, 5) is 0. The first-order chi connectivity index (χ1) is 10.2. The standard InChI is InChI=1S/C17H23N3O/c1-3-9-20-12-14(11-19-20)17(18)8-4-5-13-6-7-15(21-2)10-16(13)17/h6-7,10-12H,3-5,8-9,18H2,1-2H3. The maximum atomic E-state index is 6.82. The van der Waals surface area contributed by atoms with Gasteiger partial charge in [-0.2, -0.15) is 5.10 Å². The average Bonchev–Trinajstić information content (AvgIpc) is 2.97. The van der Waals surface area contributed by atoms with Gasteiger partial charge in [-0.1, -0.05) is 13.0 Å². The van der Waals surface area contributed by atoms with Gasteiger partial charge in [0.2, 0.25) is 0 Å². The molecule has 0 saturated heterocycles. The Bertz CT molecular complexity index is 635. The fourth-order valence-corrected chi connectivity index (χ4v) is 3.25. The third-order valence-electron chi connectivity index (χ3n) is 4.42. The van der Waals surface area contributed by atoms with Gasteiger partial charge in [-0.3, -0.25) is 4.68 Å². The van der Waals surface area contributed by atoms with E-state index < -0.39 is 5.54 Å². The van der Waals surface area contributed by atoms with E-state index >= 15 is 0 Å². The van der Waals surface area contributed by atoms with Crippen molar-refractivity contribution in [2.45, 2.75) is 44.7 Å². The van der Waals surface area contributed by atoms with Gasteiger partial charge in [0.1, 0.15) is 5.75 Å². The fourth-order valence-electron chi connectivity index (χ4n) is 3.25. The first-order valence-electron chi connectivity index (χ1n) is 7.66. The molecule has 1 aliphatic rings. The molecule has 4 nitrogen and oxygen atoms in total. The normalized spacial score (nSPS) is 21.1. The Hall–Kier alpha value is -1.81. The number of hydrogen-bond donors (Lipinski definition) is 1. The lowest BCUT2D eigenvalue weighted by Gasteiger charge is -2.35. The predicted octanol–water partition coefficient (Wildman–Crippen LogP) is 2.84. The molecule has 1 heterocycles. The van der Waals surface area contributed by atoms with E-state index in [4.69, 9.17) is 10.5 Å². The van der Waals surface area contributed by atoms with Gasteiger partial charge in [0.25, 0.3) is 0 Å². The van der Waals surface area contributed by atoms with Gasteiger partial charge in [0, 0.05) is 18.3 Å². The number of aromatic nitrogens is 2. The Kier molecular flexibility index (Phi) is 3.72. The zero-order valence-corrected chi connectivity index (χ0v) is 12.8. The van der Waals surface area contributed by atoms with Gasteiger partial charge in [-0.25, -0.2) is 0 Å². The number of rotatable bonds is 4. The summed E-state index contributed by atoms with van der Waals surface area (Å²) in [6.07, 6.45) is 8.23. The van der Waals surface area contributed by atoms with Gasteiger partial charge in [0.05, 0.1) is 18.8 Å². The van der Waals surface area contributed by atoms with Crippen LogP contribution in [-0.4, -0.2) is 16.9 Å². The van der Waals surface area contributed by atoms with E-state index in [9.17, 15) is 0 Å². The van der Waals surface area contributed by atoms with E-state index in [1.165, 1.54) is 11.1 Å². The lowest BCUT2D eigenvalue weighted by molar-refractivity contribution is 0.404. The van der Waals surface area contributed by atoms with Crippen molar-refractivity contribution in [2.75, 3.05) is 7.11 Å². The van der Waals surface area contributed by atoms with E-state index in [0.29, 0.717) is 0 Å². The molecule has 0 saturated carbocycles. The van der Waals surface area contributed by atoms with E-state index in [0.717, 1.165) is 43.5 Å². The summed E-state index contributed by atoms with van der Waals surface area (Å²) < 4.78 is 7.36. The molecule has 0 fully saturated rings. The van der Waals surface area contributed by atoms with Crippen molar-refractivity contribution in [3.8, 4) is 5.75 Å². The molecule has 1 aromatic carbocycles. The number of benzene rings is 1. The molecule has 1 unspecified atom stereocenters. The number of nitrogens with two attached hydrogens (primary N) is 1. The van der Waals surface area contributed by atoms with Crippen molar-refractivity contribution in [2.24, 2.45) is 5.73 Å². The Balaban J connectivity index is 2.05. The number of methoxy groups -OCH3 is 1. The van der Waals surface area contributed by atoms with Crippen LogP contribution in [0.3, 0.4) is 0 Å². The van der Waals surface area contributed by atoms with Crippen LogP contribution in [-0.2, 0) is 18.5 Å². The molecule has 1 atom stereocenters. The number of hydrogen-bond acceptors (Lipinski definition) is 3. The summed E-state index contributed by atoms with van der Waals surface area (Å²) in [6.45, 7) is 3.08. The number of ether oxygens (including phenoxy) is 1. The molecule has 0 bridgehead atoms. The van der Waals surface area contributed by atoms with Gasteiger partial charge >= 0.3 is 0 Å². The van der Waals surface area contributed by atoms with Crippen molar-refractivity contribution < 1.29 is 4.74 Å². The molecule has 112 valence electrons. The Morgan fingerprint density at radius 2 is 2.29 bits per heavy atom. The largest absolute Gasteiger partial charge is 0.497 e. The SMILES string of the molecule is CCCn1cc(C2(N)CCCc3ccc(OC)cc32)cn1. The molecule has 3 rings (SSSR count). The minimum Gasteiger partial charge on any atom is -0.497 e. The molecule has 0 spiro atoms. The summed E-state index contributed by atoms with van der Waals surface area (Å²) >= 11 is 0. The van der Waals surface area contributed by atoms with Crippen molar-refractivity contribution in [1.29, 1.82) is 0 Å². The Labute approximate surface area is 125 Å². The fraction of sp³-hybridized carbons (Fsp3) is 0.471. The molecule has 2 N–H and O–H groups in total. The molecule has 0 radical (unpaired) electrons. The van der Waals surface area contributed by atoms with Crippen LogP contribution in [0.5, 0.6) is 5.75 Å². The Morgan fingerprint density at radius 1 is 1.43 bits per heavy atom. The van der Waals surface area contributed by atoms with Crippen LogP contribution in [0.4, 0.5) is 0 Å². The minimum absolute atomic E-state index is 0.450. The van der Waals surface area contributed by atoms with E-state index in [1.54, 1.807) is 7.11 Å². The third kappa shape index (κ3) is 2.44. The van der Waals surface area contributed by atoms with Gasteiger partial charge in [-0.15, -0.1) is 0 Å². The molecule has 0 aliphatic heterocycles. The van der Waals surface area contributed by atoms with Crippen molar-refractivity contribution in [3.05, 3.63) is 47.3 Å². The summed E-state index contributed by atoms with van der Waals surface area (Å²) in [6, 6.07) is 6.25. The van der Waals surface area contributed by atoms with E-state index in [1.807, 2.05) is 16.9 Å². The summed E-state index contributed by atoms with van der Waals surface area (Å²) in [5, 5.41) is 4.45. The predicted molar refractivity (Wildman–Crippen MR) is 83.4 cm³/mol. The molecule has 21 heavy (non-hydrogen) atoms. The monoisotopic (exact) mass is 285 g/mol. The van der Waals surface area contributed by atoms with Crippen LogP contribution < -0.4 is 10.5 Å². The lowest BCUT2D eigenvalue weighted by atomic mass is 9.74. The van der Waals surface area contributed by atoms with Crippen LogP contribution in [0.15, 0.2) is 30.6 Å². The van der Waals surface area contributed by atoms with Gasteiger partial charge < -0.3 is 10.5 Å². The number of nitrogens with zero attached hydrogens (tertiary/aromatic N) is 2. The first kappa shape index (κ1) is 14.1. The van der Waals surface area contributed by atoms with Crippen LogP contribution >= 0.6 is 0 Å². The van der Waals surface area contributed by atoms with E-state index in [2.05, 4.69) is 30.4 Å². The van der Waals surface area contributed by atoms with Crippen molar-refractivity contribution >= 4 is 0 Å². The number of aryl methyl sites for hydroxylation is 2. The molecule has 0 amide bonds. The van der Waals surface area contributed by atoms with Crippen LogP contribution in [0, 0.1) is 0 Å². The van der Waals surface area contributed by atoms with Crippen LogP contribution in [0.25, 0.3) is 0 Å². The lowest BCUT2D eigenvalue weighted by Crippen LogP contribution is -2.41. The highest BCUT2D eigenvalue weighted by atomic mass is 16.5. The highest BCUT2D eigenvalue weighted by Crippen LogP contribution is 2.39. The smallest absolute Gasteiger partial charge is 0.119 e. The average molecular weight is 285 g/mol. The maximum absolute atomic E-state index is 6.82. The number of fused-ring (bicyclic) bond motifs is 1. The van der Waals surface area contributed by atoms with Crippen LogP contribution in [0.1, 0.15) is 42.9 Å².